The van der Waals surface area contributed by atoms with Gasteiger partial charge in [-0.1, -0.05) is 26.8 Å². The van der Waals surface area contributed by atoms with E-state index in [4.69, 9.17) is 9.47 Å². The van der Waals surface area contributed by atoms with E-state index >= 15 is 0 Å². The van der Waals surface area contributed by atoms with Gasteiger partial charge in [0, 0.05) is 30.8 Å². The molecule has 1 aromatic rings. The van der Waals surface area contributed by atoms with E-state index < -0.39 is 0 Å². The summed E-state index contributed by atoms with van der Waals surface area (Å²) < 4.78 is 11.6. The summed E-state index contributed by atoms with van der Waals surface area (Å²) in [5, 5.41) is 3.43. The van der Waals surface area contributed by atoms with Crippen molar-refractivity contribution >= 4 is 0 Å². The first kappa shape index (κ1) is 17.8. The molecule has 21 heavy (non-hydrogen) atoms. The van der Waals surface area contributed by atoms with E-state index in [1.807, 2.05) is 26.2 Å². The molecule has 0 atom stereocenters. The average molecular weight is 294 g/mol. The maximum Gasteiger partial charge on any atom is 0.127 e. The van der Waals surface area contributed by atoms with Crippen LogP contribution in [-0.2, 0) is 6.54 Å². The summed E-state index contributed by atoms with van der Waals surface area (Å²) in [6, 6.07) is 6.57. The van der Waals surface area contributed by atoms with Gasteiger partial charge in [0.05, 0.1) is 6.61 Å². The first-order valence-electron chi connectivity index (χ1n) is 7.79. The van der Waals surface area contributed by atoms with Crippen LogP contribution in [0.3, 0.4) is 0 Å². The van der Waals surface area contributed by atoms with Crippen LogP contribution < -0.4 is 14.8 Å². The van der Waals surface area contributed by atoms with Crippen LogP contribution in [0.1, 0.15) is 32.8 Å². The van der Waals surface area contributed by atoms with Crippen molar-refractivity contribution in [1.29, 1.82) is 0 Å². The number of nitrogens with zero attached hydrogens (tertiary/aromatic N) is 1. The van der Waals surface area contributed by atoms with Gasteiger partial charge >= 0.3 is 0 Å². The summed E-state index contributed by atoms with van der Waals surface area (Å²) in [6.07, 6.45) is 1.01. The van der Waals surface area contributed by atoms with Gasteiger partial charge in [-0.3, -0.25) is 0 Å². The Morgan fingerprint density at radius 1 is 1.14 bits per heavy atom. The van der Waals surface area contributed by atoms with E-state index in [0.717, 1.165) is 37.6 Å². The largest absolute Gasteiger partial charge is 0.493 e. The fourth-order valence-corrected chi connectivity index (χ4v) is 1.78. The van der Waals surface area contributed by atoms with Crippen molar-refractivity contribution in [1.82, 2.24) is 10.2 Å². The van der Waals surface area contributed by atoms with Crippen molar-refractivity contribution in [2.45, 2.75) is 39.8 Å². The maximum absolute atomic E-state index is 5.94. The van der Waals surface area contributed by atoms with Crippen molar-refractivity contribution in [3.05, 3.63) is 23.8 Å². The first-order chi connectivity index (χ1) is 10.0. The van der Waals surface area contributed by atoms with Crippen LogP contribution in [0.15, 0.2) is 18.2 Å². The minimum atomic E-state index is 0.454. The summed E-state index contributed by atoms with van der Waals surface area (Å²) in [7, 11) is 4.09. The topological polar surface area (TPSA) is 33.7 Å². The molecule has 0 saturated heterocycles. The predicted molar refractivity (Wildman–Crippen MR) is 88.3 cm³/mol. The molecule has 4 heteroatoms. The number of ether oxygens (including phenoxy) is 2. The van der Waals surface area contributed by atoms with E-state index in [2.05, 4.69) is 37.1 Å². The minimum Gasteiger partial charge on any atom is -0.493 e. The van der Waals surface area contributed by atoms with Gasteiger partial charge in [0.2, 0.25) is 0 Å². The molecule has 0 aliphatic heterocycles. The number of nitrogens with one attached hydrogen (secondary N) is 1. The standard InChI is InChI=1S/C17H30N2O2/c1-6-10-20-16-8-7-15(13-18-14(2)3)17(12-16)21-11-9-19(4)5/h7-8,12,14,18H,6,9-11,13H2,1-5H3. The molecule has 0 aromatic heterocycles. The van der Waals surface area contributed by atoms with Gasteiger partial charge in [0.15, 0.2) is 0 Å². The van der Waals surface area contributed by atoms with Crippen LogP contribution in [0.25, 0.3) is 0 Å². The molecule has 1 N–H and O–H groups in total. The second-order valence-electron chi connectivity index (χ2n) is 5.81. The van der Waals surface area contributed by atoms with Crippen LogP contribution in [0.4, 0.5) is 0 Å². The summed E-state index contributed by atoms with van der Waals surface area (Å²) >= 11 is 0. The normalized spacial score (nSPS) is 11.2. The van der Waals surface area contributed by atoms with Crippen LogP contribution >= 0.6 is 0 Å². The third kappa shape index (κ3) is 7.34. The Morgan fingerprint density at radius 2 is 1.90 bits per heavy atom. The molecule has 0 bridgehead atoms. The molecule has 1 rings (SSSR count). The minimum absolute atomic E-state index is 0.454. The average Bonchev–Trinajstić information content (AvgIpc) is 2.43. The lowest BCUT2D eigenvalue weighted by molar-refractivity contribution is 0.256. The third-order valence-electron chi connectivity index (χ3n) is 3.01. The molecule has 0 amide bonds. The highest BCUT2D eigenvalue weighted by molar-refractivity contribution is 5.40. The molecule has 0 spiro atoms. The number of hydrogen-bond acceptors (Lipinski definition) is 4. The number of hydrogen-bond donors (Lipinski definition) is 1. The second-order valence-corrected chi connectivity index (χ2v) is 5.81. The second kappa shape index (κ2) is 9.64. The molecular formula is C17H30N2O2. The molecule has 0 radical (unpaired) electrons. The van der Waals surface area contributed by atoms with Gasteiger partial charge in [0.1, 0.15) is 18.1 Å². The van der Waals surface area contributed by atoms with Gasteiger partial charge in [-0.2, -0.15) is 0 Å². The van der Waals surface area contributed by atoms with E-state index in [1.165, 1.54) is 5.56 Å². The number of rotatable bonds is 10. The highest BCUT2D eigenvalue weighted by atomic mass is 16.5. The fraction of sp³-hybridized carbons (Fsp3) is 0.647. The summed E-state index contributed by atoms with van der Waals surface area (Å²) in [4.78, 5) is 2.11. The SMILES string of the molecule is CCCOc1ccc(CNC(C)C)c(OCCN(C)C)c1. The molecule has 0 aliphatic rings. The Bertz CT molecular complexity index is 406. The monoisotopic (exact) mass is 294 g/mol. The van der Waals surface area contributed by atoms with Crippen LogP contribution in [-0.4, -0.2) is 44.8 Å². The quantitative estimate of drug-likeness (QED) is 0.719. The van der Waals surface area contributed by atoms with Gasteiger partial charge < -0.3 is 19.7 Å². The summed E-state index contributed by atoms with van der Waals surface area (Å²) in [5.74, 6) is 1.80. The zero-order chi connectivity index (χ0) is 15.7. The molecule has 0 heterocycles. The molecule has 0 saturated carbocycles. The molecule has 120 valence electrons. The lowest BCUT2D eigenvalue weighted by atomic mass is 10.2. The molecule has 4 nitrogen and oxygen atoms in total. The third-order valence-corrected chi connectivity index (χ3v) is 3.01. The smallest absolute Gasteiger partial charge is 0.127 e. The van der Waals surface area contributed by atoms with Crippen LogP contribution in [0.5, 0.6) is 11.5 Å². The van der Waals surface area contributed by atoms with Crippen molar-refractivity contribution in [3.8, 4) is 11.5 Å². The van der Waals surface area contributed by atoms with Crippen molar-refractivity contribution < 1.29 is 9.47 Å². The molecule has 1 aromatic carbocycles. The Hall–Kier alpha value is -1.26. The predicted octanol–water partition coefficient (Wildman–Crippen LogP) is 2.91. The van der Waals surface area contributed by atoms with Gasteiger partial charge in [0.25, 0.3) is 0 Å². The molecule has 0 aliphatic carbocycles. The highest BCUT2D eigenvalue weighted by Crippen LogP contribution is 2.25. The van der Waals surface area contributed by atoms with E-state index in [1.54, 1.807) is 0 Å². The van der Waals surface area contributed by atoms with Crippen molar-refractivity contribution in [3.63, 3.8) is 0 Å². The Kier molecular flexibility index (Phi) is 8.16. The molecule has 0 unspecified atom stereocenters. The first-order valence-corrected chi connectivity index (χ1v) is 7.79. The highest BCUT2D eigenvalue weighted by Gasteiger charge is 2.07. The zero-order valence-corrected chi connectivity index (χ0v) is 14.1. The summed E-state index contributed by atoms with van der Waals surface area (Å²) in [5.41, 5.74) is 1.17. The van der Waals surface area contributed by atoms with Gasteiger partial charge in [-0.15, -0.1) is 0 Å². The van der Waals surface area contributed by atoms with E-state index in [-0.39, 0.29) is 0 Å². The number of likely N-dealkylation sites (N-methyl/N-ethyl adjacent to an activating group) is 1. The fourth-order valence-electron chi connectivity index (χ4n) is 1.78. The lowest BCUT2D eigenvalue weighted by Gasteiger charge is -2.17. The number of benzene rings is 1. The van der Waals surface area contributed by atoms with Crippen LogP contribution in [0.2, 0.25) is 0 Å². The molecular weight excluding hydrogens is 264 g/mol. The van der Waals surface area contributed by atoms with Crippen molar-refractivity contribution in [2.75, 3.05) is 33.9 Å². The van der Waals surface area contributed by atoms with E-state index in [0.29, 0.717) is 12.6 Å². The Balaban J connectivity index is 2.73. The lowest BCUT2D eigenvalue weighted by Crippen LogP contribution is -2.23. The maximum atomic E-state index is 5.94. The van der Waals surface area contributed by atoms with E-state index in [9.17, 15) is 0 Å². The van der Waals surface area contributed by atoms with Crippen molar-refractivity contribution in [2.24, 2.45) is 0 Å². The van der Waals surface area contributed by atoms with Gasteiger partial charge in [-0.05, 0) is 26.6 Å². The van der Waals surface area contributed by atoms with Crippen LogP contribution in [0, 0.1) is 0 Å². The molecule has 0 fully saturated rings. The summed E-state index contributed by atoms with van der Waals surface area (Å²) in [6.45, 7) is 9.52. The Morgan fingerprint density at radius 3 is 2.52 bits per heavy atom. The zero-order valence-electron chi connectivity index (χ0n) is 14.1. The van der Waals surface area contributed by atoms with Gasteiger partial charge in [-0.25, -0.2) is 0 Å². The Labute approximate surface area is 129 Å².